The zero-order valence-corrected chi connectivity index (χ0v) is 19.4. The van der Waals surface area contributed by atoms with Crippen LogP contribution in [0, 0.1) is 0 Å². The lowest BCUT2D eigenvalue weighted by Crippen LogP contribution is -2.12. The smallest absolute Gasteiger partial charge is 0.289 e. The third-order valence-electron chi connectivity index (χ3n) is 5.36. The van der Waals surface area contributed by atoms with Crippen LogP contribution in [0.4, 0.5) is 17.2 Å². The Hall–Kier alpha value is -3.95. The highest BCUT2D eigenvalue weighted by atomic mass is 35.5. The Kier molecular flexibility index (Phi) is 6.87. The molecule has 1 aliphatic rings. The molecule has 35 heavy (non-hydrogen) atoms. The average molecular weight is 491 g/mol. The molecule has 0 fully saturated rings. The van der Waals surface area contributed by atoms with Crippen molar-refractivity contribution in [1.82, 2.24) is 15.0 Å². The molecule has 3 heterocycles. The maximum absolute atomic E-state index is 9.10. The van der Waals surface area contributed by atoms with Gasteiger partial charge in [0.15, 0.2) is 0 Å². The molecule has 1 aliphatic heterocycles. The molecular formula is C25H23ClN6O3. The van der Waals surface area contributed by atoms with Crippen LogP contribution in [0.3, 0.4) is 0 Å². The number of nitrogens with zero attached hydrogens (tertiary/aromatic N) is 4. The summed E-state index contributed by atoms with van der Waals surface area (Å²) >= 11 is 6.46. The second-order valence-corrected chi connectivity index (χ2v) is 8.28. The van der Waals surface area contributed by atoms with Gasteiger partial charge in [0.05, 0.1) is 22.3 Å². The van der Waals surface area contributed by atoms with E-state index in [2.05, 4.69) is 30.6 Å². The maximum Gasteiger partial charge on any atom is 0.289 e. The molecule has 3 N–H and O–H groups in total. The van der Waals surface area contributed by atoms with Gasteiger partial charge in [-0.15, -0.1) is 0 Å². The van der Waals surface area contributed by atoms with Gasteiger partial charge in [-0.25, -0.2) is 15.0 Å². The lowest BCUT2D eigenvalue weighted by Gasteiger charge is -2.12. The summed E-state index contributed by atoms with van der Waals surface area (Å²) in [6.45, 7) is 0.860. The van der Waals surface area contributed by atoms with E-state index in [0.717, 1.165) is 28.0 Å². The number of nitrogens with one attached hydrogen (secondary N) is 2. The van der Waals surface area contributed by atoms with E-state index >= 15 is 0 Å². The molecule has 1 atom stereocenters. The molecule has 0 spiro atoms. The molecule has 178 valence electrons. The fraction of sp³-hybridized carbons (Fsp3) is 0.200. The molecule has 2 aromatic heterocycles. The van der Waals surface area contributed by atoms with Crippen molar-refractivity contribution < 1.29 is 14.6 Å². The maximum atomic E-state index is 9.10. The number of halogens is 1. The fourth-order valence-corrected chi connectivity index (χ4v) is 3.84. The Labute approximate surface area is 206 Å². The average Bonchev–Trinajstić information content (AvgIpc) is 3.31. The molecular weight excluding hydrogens is 468 g/mol. The number of hydrogen-bond acceptors (Lipinski definition) is 9. The molecule has 2 aromatic carbocycles. The van der Waals surface area contributed by atoms with E-state index in [0.29, 0.717) is 42.2 Å². The number of aliphatic imine (C=N–C) groups is 1. The van der Waals surface area contributed by atoms with Crippen LogP contribution in [0.25, 0.3) is 10.9 Å². The molecule has 9 nitrogen and oxygen atoms in total. The SMILES string of the molecule is OCC[C@H]1COC(Nc2ccc3ncnc(Nc4ccc(OCc5ccccn5)c(Cl)c4)c3c2)=N1. The number of amidine groups is 1. The number of aromatic nitrogens is 3. The minimum atomic E-state index is -0.0378. The summed E-state index contributed by atoms with van der Waals surface area (Å²) in [5.41, 5.74) is 3.14. The van der Waals surface area contributed by atoms with Crippen LogP contribution >= 0.6 is 11.6 Å². The number of benzene rings is 2. The molecule has 0 radical (unpaired) electrons. The predicted octanol–water partition coefficient (Wildman–Crippen LogP) is 4.55. The van der Waals surface area contributed by atoms with Crippen molar-refractivity contribution in [2.75, 3.05) is 23.8 Å². The van der Waals surface area contributed by atoms with Crippen LogP contribution < -0.4 is 15.4 Å². The van der Waals surface area contributed by atoms with Gasteiger partial charge in [0.25, 0.3) is 6.02 Å². The molecule has 4 aromatic rings. The summed E-state index contributed by atoms with van der Waals surface area (Å²) in [6, 6.07) is 17.2. The first-order valence-electron chi connectivity index (χ1n) is 11.1. The summed E-state index contributed by atoms with van der Waals surface area (Å²) in [4.78, 5) is 17.5. The first kappa shape index (κ1) is 22.8. The number of fused-ring (bicyclic) bond motifs is 1. The van der Waals surface area contributed by atoms with Gasteiger partial charge in [-0.3, -0.25) is 4.98 Å². The Morgan fingerprint density at radius 2 is 1.91 bits per heavy atom. The van der Waals surface area contributed by atoms with Crippen LogP contribution in [-0.2, 0) is 11.3 Å². The number of pyridine rings is 1. The van der Waals surface area contributed by atoms with E-state index in [4.69, 9.17) is 26.2 Å². The summed E-state index contributed by atoms with van der Waals surface area (Å²) in [6.07, 6.45) is 3.80. The van der Waals surface area contributed by atoms with Gasteiger partial charge < -0.3 is 25.2 Å². The minimum absolute atomic E-state index is 0.0378. The van der Waals surface area contributed by atoms with E-state index in [9.17, 15) is 0 Å². The highest BCUT2D eigenvalue weighted by Gasteiger charge is 2.18. The summed E-state index contributed by atoms with van der Waals surface area (Å²) in [5, 5.41) is 16.9. The number of rotatable bonds is 8. The van der Waals surface area contributed by atoms with Crippen LogP contribution in [-0.4, -0.2) is 45.3 Å². The van der Waals surface area contributed by atoms with Gasteiger partial charge in [-0.2, -0.15) is 0 Å². The zero-order chi connectivity index (χ0) is 24.0. The van der Waals surface area contributed by atoms with Crippen LogP contribution in [0.1, 0.15) is 12.1 Å². The highest BCUT2D eigenvalue weighted by Crippen LogP contribution is 2.31. The highest BCUT2D eigenvalue weighted by molar-refractivity contribution is 6.32. The third kappa shape index (κ3) is 5.59. The Bertz CT molecular complexity index is 1350. The predicted molar refractivity (Wildman–Crippen MR) is 135 cm³/mol. The Morgan fingerprint density at radius 3 is 2.74 bits per heavy atom. The topological polar surface area (TPSA) is 114 Å². The molecule has 0 amide bonds. The van der Waals surface area contributed by atoms with Crippen molar-refractivity contribution in [2.45, 2.75) is 19.1 Å². The van der Waals surface area contributed by atoms with Crippen LogP contribution in [0.2, 0.25) is 5.02 Å². The van der Waals surface area contributed by atoms with Gasteiger partial charge in [0.1, 0.15) is 31.1 Å². The quantitative estimate of drug-likeness (QED) is 0.329. The van der Waals surface area contributed by atoms with Crippen molar-refractivity contribution in [3.8, 4) is 5.75 Å². The van der Waals surface area contributed by atoms with Crippen LogP contribution in [0.15, 0.2) is 72.1 Å². The van der Waals surface area contributed by atoms with Crippen molar-refractivity contribution in [2.24, 2.45) is 4.99 Å². The van der Waals surface area contributed by atoms with E-state index < -0.39 is 0 Å². The van der Waals surface area contributed by atoms with Crippen LogP contribution in [0.5, 0.6) is 5.75 Å². The largest absolute Gasteiger partial charge is 0.486 e. The van der Waals surface area contributed by atoms with Crippen molar-refractivity contribution in [1.29, 1.82) is 0 Å². The molecule has 0 aliphatic carbocycles. The van der Waals surface area contributed by atoms with Gasteiger partial charge in [0, 0.05) is 29.6 Å². The van der Waals surface area contributed by atoms with Crippen molar-refractivity contribution >= 4 is 45.7 Å². The Morgan fingerprint density at radius 1 is 1.03 bits per heavy atom. The number of aliphatic hydroxyl groups excluding tert-OH is 1. The van der Waals surface area contributed by atoms with Crippen molar-refractivity contribution in [3.63, 3.8) is 0 Å². The summed E-state index contributed by atoms with van der Waals surface area (Å²) in [5.74, 6) is 1.20. The van der Waals surface area contributed by atoms with Gasteiger partial charge >= 0.3 is 0 Å². The zero-order valence-electron chi connectivity index (χ0n) is 18.7. The monoisotopic (exact) mass is 490 g/mol. The lowest BCUT2D eigenvalue weighted by molar-refractivity contribution is 0.250. The number of ether oxygens (including phenoxy) is 2. The standard InChI is InChI=1S/C25H23ClN6O3/c26-21-12-17(5-7-23(21)34-13-18-3-1-2-9-27-18)30-24-20-11-16(4-6-22(20)28-15-29-24)31-25-32-19(8-10-33)14-35-25/h1-7,9,11-12,15,19,33H,8,10,13-14H2,(H,31,32)(H,28,29,30)/t19-/m0/s1. The summed E-state index contributed by atoms with van der Waals surface area (Å²) in [7, 11) is 0. The molecule has 0 saturated carbocycles. The second-order valence-electron chi connectivity index (χ2n) is 7.87. The van der Waals surface area contributed by atoms with E-state index in [1.54, 1.807) is 12.3 Å². The van der Waals surface area contributed by atoms with E-state index in [-0.39, 0.29) is 12.6 Å². The van der Waals surface area contributed by atoms with E-state index in [1.807, 2.05) is 48.5 Å². The minimum Gasteiger partial charge on any atom is -0.486 e. The van der Waals surface area contributed by atoms with Gasteiger partial charge in [-0.05, 0) is 55.0 Å². The molecule has 0 unspecified atom stereocenters. The molecule has 0 saturated heterocycles. The fourth-order valence-electron chi connectivity index (χ4n) is 3.61. The van der Waals surface area contributed by atoms with E-state index in [1.165, 1.54) is 6.33 Å². The number of hydrogen-bond donors (Lipinski definition) is 3. The first-order valence-corrected chi connectivity index (χ1v) is 11.5. The normalized spacial score (nSPS) is 14.9. The van der Waals surface area contributed by atoms with Crippen molar-refractivity contribution in [3.05, 3.63) is 77.8 Å². The van der Waals surface area contributed by atoms with Gasteiger partial charge in [0.2, 0.25) is 0 Å². The number of anilines is 3. The Balaban J connectivity index is 1.32. The number of aliphatic hydroxyl groups is 1. The first-order chi connectivity index (χ1) is 17.2. The molecule has 5 rings (SSSR count). The lowest BCUT2D eigenvalue weighted by atomic mass is 10.2. The molecule has 10 heteroatoms. The second kappa shape index (κ2) is 10.5. The summed E-state index contributed by atoms with van der Waals surface area (Å²) < 4.78 is 11.4. The van der Waals surface area contributed by atoms with Gasteiger partial charge in [-0.1, -0.05) is 17.7 Å². The molecule has 0 bridgehead atoms. The third-order valence-corrected chi connectivity index (χ3v) is 5.65.